The van der Waals surface area contributed by atoms with Gasteiger partial charge in [0, 0.05) is 6.07 Å². The Kier molecular flexibility index (Phi) is 5.15. The summed E-state index contributed by atoms with van der Waals surface area (Å²) >= 11 is 0. The van der Waals surface area contributed by atoms with Crippen LogP contribution in [0.15, 0.2) is 79.0 Å². The average molecular weight is 371 g/mol. The molecule has 0 spiro atoms. The maximum atomic E-state index is 13.2. The molecule has 0 aliphatic carbocycles. The number of nitro groups is 1. The molecule has 0 fully saturated rings. The summed E-state index contributed by atoms with van der Waals surface area (Å²) in [5.74, 6) is 0.785. The molecule has 3 rings (SSSR count). The second-order valence-electron chi connectivity index (χ2n) is 5.08. The molecule has 0 aliphatic rings. The Hall–Kier alpha value is -3.38. The highest BCUT2D eigenvalue weighted by Crippen LogP contribution is 2.48. The van der Waals surface area contributed by atoms with Gasteiger partial charge in [0.1, 0.15) is 23.5 Å². The fourth-order valence-corrected chi connectivity index (χ4v) is 3.34. The van der Waals surface area contributed by atoms with E-state index in [0.29, 0.717) is 11.5 Å². The van der Waals surface area contributed by atoms with Gasteiger partial charge < -0.3 is 9.05 Å². The van der Waals surface area contributed by atoms with Crippen LogP contribution in [0.2, 0.25) is 0 Å². The number of anilines is 1. The van der Waals surface area contributed by atoms with Gasteiger partial charge in [0.05, 0.1) is 4.92 Å². The van der Waals surface area contributed by atoms with E-state index in [1.54, 1.807) is 60.7 Å². The number of pyridine rings is 1. The first-order valence-corrected chi connectivity index (χ1v) is 9.06. The van der Waals surface area contributed by atoms with Crippen LogP contribution in [0.3, 0.4) is 0 Å². The van der Waals surface area contributed by atoms with E-state index < -0.39 is 12.7 Å². The van der Waals surface area contributed by atoms with Crippen molar-refractivity contribution in [3.05, 3.63) is 89.1 Å². The van der Waals surface area contributed by atoms with Crippen molar-refractivity contribution < 1.29 is 18.5 Å². The topological polar surface area (TPSA) is 104 Å². The molecule has 0 unspecified atom stereocenters. The summed E-state index contributed by atoms with van der Waals surface area (Å²) in [4.78, 5) is 14.0. The maximum absolute atomic E-state index is 13.2. The summed E-state index contributed by atoms with van der Waals surface area (Å²) in [6.45, 7) is 0. The van der Waals surface area contributed by atoms with Crippen molar-refractivity contribution in [2.45, 2.75) is 0 Å². The molecule has 0 saturated carbocycles. The lowest BCUT2D eigenvalue weighted by Gasteiger charge is -2.20. The molecular formula is C17H14N3O5P. The number of para-hydroxylation sites is 2. The SMILES string of the molecule is O=[N+]([O-])c1ccc(NP(=O)(Oc2ccccc2)Oc2ccccc2)nc1. The van der Waals surface area contributed by atoms with E-state index in [1.807, 2.05) is 0 Å². The molecule has 26 heavy (non-hydrogen) atoms. The minimum Gasteiger partial charge on any atom is -0.400 e. The van der Waals surface area contributed by atoms with Crippen molar-refractivity contribution in [3.63, 3.8) is 0 Å². The molecule has 0 radical (unpaired) electrons. The zero-order valence-electron chi connectivity index (χ0n) is 13.4. The third kappa shape index (κ3) is 4.58. The van der Waals surface area contributed by atoms with E-state index in [0.717, 1.165) is 6.20 Å². The number of nitrogens with zero attached hydrogens (tertiary/aromatic N) is 2. The van der Waals surface area contributed by atoms with Crippen LogP contribution >= 0.6 is 7.75 Å². The zero-order valence-corrected chi connectivity index (χ0v) is 14.3. The molecular weight excluding hydrogens is 357 g/mol. The number of rotatable bonds is 7. The second kappa shape index (κ2) is 7.67. The molecule has 1 aromatic heterocycles. The molecule has 1 N–H and O–H groups in total. The second-order valence-corrected chi connectivity index (χ2v) is 6.66. The van der Waals surface area contributed by atoms with Gasteiger partial charge in [0.2, 0.25) is 0 Å². The number of nitrogens with one attached hydrogen (secondary N) is 1. The molecule has 9 heteroatoms. The van der Waals surface area contributed by atoms with Crippen LogP contribution in [0.25, 0.3) is 0 Å². The third-order valence-corrected chi connectivity index (χ3v) is 4.55. The van der Waals surface area contributed by atoms with Gasteiger partial charge in [-0.1, -0.05) is 36.4 Å². The van der Waals surface area contributed by atoms with Gasteiger partial charge >= 0.3 is 7.75 Å². The van der Waals surface area contributed by atoms with E-state index in [1.165, 1.54) is 12.1 Å². The largest absolute Gasteiger partial charge is 0.542 e. The van der Waals surface area contributed by atoms with Crippen LogP contribution in [0.5, 0.6) is 11.5 Å². The Morgan fingerprint density at radius 2 is 1.42 bits per heavy atom. The van der Waals surface area contributed by atoms with Crippen molar-refractivity contribution in [1.82, 2.24) is 4.98 Å². The van der Waals surface area contributed by atoms with Crippen LogP contribution < -0.4 is 14.1 Å². The Morgan fingerprint density at radius 1 is 0.885 bits per heavy atom. The normalized spacial score (nSPS) is 10.8. The third-order valence-electron chi connectivity index (χ3n) is 3.15. The Labute approximate surface area is 149 Å². The van der Waals surface area contributed by atoms with Crippen molar-refractivity contribution in [1.29, 1.82) is 0 Å². The predicted octanol–water partition coefficient (Wildman–Crippen LogP) is 4.67. The first kappa shape index (κ1) is 17.4. The fourth-order valence-electron chi connectivity index (χ4n) is 2.01. The zero-order chi connectivity index (χ0) is 18.4. The van der Waals surface area contributed by atoms with Gasteiger partial charge in [-0.15, -0.1) is 0 Å². The Balaban J connectivity index is 1.86. The van der Waals surface area contributed by atoms with E-state index in [-0.39, 0.29) is 11.5 Å². The van der Waals surface area contributed by atoms with E-state index in [4.69, 9.17) is 9.05 Å². The molecule has 3 aromatic rings. The lowest BCUT2D eigenvalue weighted by Crippen LogP contribution is -2.10. The highest BCUT2D eigenvalue weighted by molar-refractivity contribution is 7.56. The van der Waals surface area contributed by atoms with Crippen LogP contribution in [0, 0.1) is 10.1 Å². The monoisotopic (exact) mass is 371 g/mol. The quantitative estimate of drug-likeness (QED) is 0.366. The summed E-state index contributed by atoms with van der Waals surface area (Å²) in [6, 6.07) is 19.6. The summed E-state index contributed by atoms with van der Waals surface area (Å²) in [5.41, 5.74) is -0.182. The van der Waals surface area contributed by atoms with E-state index in [2.05, 4.69) is 10.1 Å². The van der Waals surface area contributed by atoms with Crippen LogP contribution in [-0.4, -0.2) is 9.91 Å². The molecule has 0 atom stereocenters. The Morgan fingerprint density at radius 3 is 1.85 bits per heavy atom. The summed E-state index contributed by atoms with van der Waals surface area (Å²) in [6.07, 6.45) is 1.05. The number of hydrogen-bond donors (Lipinski definition) is 1. The molecule has 0 saturated heterocycles. The highest BCUT2D eigenvalue weighted by Gasteiger charge is 2.29. The van der Waals surface area contributed by atoms with Crippen molar-refractivity contribution >= 4 is 19.3 Å². The van der Waals surface area contributed by atoms with Gasteiger partial charge in [0.15, 0.2) is 0 Å². The van der Waals surface area contributed by atoms with Crippen LogP contribution in [-0.2, 0) is 4.57 Å². The van der Waals surface area contributed by atoms with Crippen LogP contribution in [0.1, 0.15) is 0 Å². The van der Waals surface area contributed by atoms with Gasteiger partial charge in [-0.3, -0.25) is 15.2 Å². The molecule has 132 valence electrons. The molecule has 8 nitrogen and oxygen atoms in total. The van der Waals surface area contributed by atoms with Crippen LogP contribution in [0.4, 0.5) is 11.5 Å². The molecule has 0 amide bonds. The smallest absolute Gasteiger partial charge is 0.400 e. The van der Waals surface area contributed by atoms with Crippen molar-refractivity contribution in [2.24, 2.45) is 0 Å². The number of hydrogen-bond acceptors (Lipinski definition) is 6. The molecule has 0 aliphatic heterocycles. The molecule has 2 aromatic carbocycles. The maximum Gasteiger partial charge on any atom is 0.542 e. The average Bonchev–Trinajstić information content (AvgIpc) is 2.63. The molecule has 1 heterocycles. The van der Waals surface area contributed by atoms with Gasteiger partial charge in [-0.25, -0.2) is 9.55 Å². The first-order chi connectivity index (χ1) is 12.5. The van der Waals surface area contributed by atoms with E-state index >= 15 is 0 Å². The minimum atomic E-state index is -3.91. The molecule has 0 bridgehead atoms. The number of benzene rings is 2. The Bertz CT molecular complexity index is 875. The predicted molar refractivity (Wildman–Crippen MR) is 96.3 cm³/mol. The highest BCUT2D eigenvalue weighted by atomic mass is 31.2. The summed E-state index contributed by atoms with van der Waals surface area (Å²) < 4.78 is 24.3. The van der Waals surface area contributed by atoms with Gasteiger partial charge in [-0.2, -0.15) is 0 Å². The van der Waals surface area contributed by atoms with E-state index in [9.17, 15) is 14.7 Å². The lowest BCUT2D eigenvalue weighted by molar-refractivity contribution is -0.385. The van der Waals surface area contributed by atoms with Gasteiger partial charge in [0.25, 0.3) is 5.69 Å². The first-order valence-electron chi connectivity index (χ1n) is 7.52. The minimum absolute atomic E-state index is 0.116. The van der Waals surface area contributed by atoms with Crippen molar-refractivity contribution in [3.8, 4) is 11.5 Å². The summed E-state index contributed by atoms with van der Waals surface area (Å²) in [7, 11) is -3.91. The number of aromatic nitrogens is 1. The lowest BCUT2D eigenvalue weighted by atomic mass is 10.3. The fraction of sp³-hybridized carbons (Fsp3) is 0. The summed E-state index contributed by atoms with van der Waals surface area (Å²) in [5, 5.41) is 13.3. The standard InChI is InChI=1S/C17H14N3O5P/c21-20(22)14-11-12-17(18-13-14)19-26(23,24-15-7-3-1-4-8-15)25-16-9-5-2-6-10-16/h1-13H,(H,18,19,23). The van der Waals surface area contributed by atoms with Gasteiger partial charge in [-0.05, 0) is 30.3 Å². The van der Waals surface area contributed by atoms with Crippen molar-refractivity contribution in [2.75, 3.05) is 5.09 Å².